The molecule has 152 valence electrons. The molecule has 0 aromatic heterocycles. The Bertz CT molecular complexity index is 895. The first-order chi connectivity index (χ1) is 14.0. The quantitative estimate of drug-likeness (QED) is 0.728. The Hall–Kier alpha value is -3.35. The van der Waals surface area contributed by atoms with Gasteiger partial charge in [0.25, 0.3) is 0 Å². The van der Waals surface area contributed by atoms with Crippen molar-refractivity contribution in [3.63, 3.8) is 0 Å². The number of rotatable bonds is 7. The van der Waals surface area contributed by atoms with Crippen LogP contribution in [0.3, 0.4) is 0 Å². The van der Waals surface area contributed by atoms with Gasteiger partial charge in [0.2, 0.25) is 5.91 Å². The van der Waals surface area contributed by atoms with E-state index in [1.807, 2.05) is 55.5 Å². The van der Waals surface area contributed by atoms with Gasteiger partial charge >= 0.3 is 11.8 Å². The zero-order valence-corrected chi connectivity index (χ0v) is 16.7. The number of carbonyl (C=O) groups is 3. The summed E-state index contributed by atoms with van der Waals surface area (Å²) in [6.07, 6.45) is 0.790. The topological polar surface area (TPSA) is 79.0 Å². The minimum absolute atomic E-state index is 0.140. The molecule has 1 aliphatic rings. The molecular weight excluding hydrogens is 370 g/mol. The normalized spacial score (nSPS) is 14.1. The summed E-state index contributed by atoms with van der Waals surface area (Å²) in [6, 6.07) is 14.9. The first-order valence-corrected chi connectivity index (χ1v) is 9.60. The Kier molecular flexibility index (Phi) is 6.49. The Morgan fingerprint density at radius 1 is 1.00 bits per heavy atom. The largest absolute Gasteiger partial charge is 0.497 e. The number of piperazine rings is 1. The molecule has 1 saturated heterocycles. The molecule has 1 heterocycles. The minimum Gasteiger partial charge on any atom is -0.497 e. The van der Waals surface area contributed by atoms with Crippen LogP contribution in [0.5, 0.6) is 5.75 Å². The summed E-state index contributed by atoms with van der Waals surface area (Å²) >= 11 is 0. The van der Waals surface area contributed by atoms with Crippen molar-refractivity contribution in [1.29, 1.82) is 0 Å². The minimum atomic E-state index is -0.649. The van der Waals surface area contributed by atoms with Gasteiger partial charge in [-0.25, -0.2) is 0 Å². The van der Waals surface area contributed by atoms with Gasteiger partial charge in [0.05, 0.1) is 7.11 Å². The highest BCUT2D eigenvalue weighted by atomic mass is 16.5. The number of methoxy groups -OCH3 is 1. The van der Waals surface area contributed by atoms with Crippen LogP contribution < -0.4 is 10.1 Å². The van der Waals surface area contributed by atoms with Crippen LogP contribution in [0.1, 0.15) is 18.1 Å². The highest BCUT2D eigenvalue weighted by Gasteiger charge is 2.33. The molecule has 0 spiro atoms. The van der Waals surface area contributed by atoms with Crippen molar-refractivity contribution in [3.05, 3.63) is 59.7 Å². The molecule has 29 heavy (non-hydrogen) atoms. The van der Waals surface area contributed by atoms with E-state index in [1.165, 1.54) is 9.80 Å². The average Bonchev–Trinajstić information content (AvgIpc) is 2.74. The number of carbonyl (C=O) groups excluding carboxylic acids is 3. The van der Waals surface area contributed by atoms with Gasteiger partial charge in [-0.1, -0.05) is 37.3 Å². The molecule has 1 N–H and O–H groups in total. The Labute approximate surface area is 170 Å². The van der Waals surface area contributed by atoms with Crippen LogP contribution in [0.4, 0.5) is 5.69 Å². The van der Waals surface area contributed by atoms with Gasteiger partial charge in [0.1, 0.15) is 12.3 Å². The van der Waals surface area contributed by atoms with Gasteiger partial charge < -0.3 is 19.9 Å². The molecule has 7 heteroatoms. The molecule has 0 aliphatic carbocycles. The standard InChI is InChI=1S/C22H25N3O4/c1-3-17-6-4-5-7-19(17)23-20(26)15-25-13-12-24(21(27)22(25)28)14-16-8-10-18(29-2)11-9-16/h4-11H,3,12-15H2,1-2H3,(H,23,26). The lowest BCUT2D eigenvalue weighted by Gasteiger charge is -2.33. The van der Waals surface area contributed by atoms with Crippen molar-refractivity contribution in [2.75, 3.05) is 32.1 Å². The summed E-state index contributed by atoms with van der Waals surface area (Å²) < 4.78 is 5.13. The second kappa shape index (κ2) is 9.23. The predicted molar refractivity (Wildman–Crippen MR) is 109 cm³/mol. The van der Waals surface area contributed by atoms with E-state index in [-0.39, 0.29) is 12.5 Å². The van der Waals surface area contributed by atoms with E-state index in [9.17, 15) is 14.4 Å². The highest BCUT2D eigenvalue weighted by molar-refractivity contribution is 6.35. The number of para-hydroxylation sites is 1. The number of amides is 3. The van der Waals surface area contributed by atoms with Crippen LogP contribution in [-0.4, -0.2) is 54.3 Å². The summed E-state index contributed by atoms with van der Waals surface area (Å²) in [4.78, 5) is 40.2. The molecule has 7 nitrogen and oxygen atoms in total. The van der Waals surface area contributed by atoms with Crippen LogP contribution in [0.15, 0.2) is 48.5 Å². The number of aryl methyl sites for hydroxylation is 1. The van der Waals surface area contributed by atoms with E-state index in [4.69, 9.17) is 4.74 Å². The number of anilines is 1. The Balaban J connectivity index is 1.57. The molecule has 3 rings (SSSR count). The number of nitrogens with one attached hydrogen (secondary N) is 1. The monoisotopic (exact) mass is 395 g/mol. The molecule has 3 amide bonds. The molecule has 0 radical (unpaired) electrons. The maximum Gasteiger partial charge on any atom is 0.312 e. The smallest absolute Gasteiger partial charge is 0.312 e. The third-order valence-electron chi connectivity index (χ3n) is 4.94. The molecule has 0 saturated carbocycles. The molecule has 1 aliphatic heterocycles. The first kappa shape index (κ1) is 20.4. The lowest BCUT2D eigenvalue weighted by Crippen LogP contribution is -2.55. The van der Waals surface area contributed by atoms with E-state index in [1.54, 1.807) is 7.11 Å². The van der Waals surface area contributed by atoms with Gasteiger partial charge in [0, 0.05) is 25.3 Å². The number of hydrogen-bond donors (Lipinski definition) is 1. The summed E-state index contributed by atoms with van der Waals surface area (Å²) in [5, 5.41) is 2.84. The lowest BCUT2D eigenvalue weighted by atomic mass is 10.1. The summed E-state index contributed by atoms with van der Waals surface area (Å²) in [7, 11) is 1.59. The van der Waals surface area contributed by atoms with E-state index < -0.39 is 11.8 Å². The Morgan fingerprint density at radius 2 is 1.66 bits per heavy atom. The zero-order chi connectivity index (χ0) is 20.8. The van der Waals surface area contributed by atoms with Crippen LogP contribution in [0.25, 0.3) is 0 Å². The third-order valence-corrected chi connectivity index (χ3v) is 4.94. The van der Waals surface area contributed by atoms with Crippen molar-refractivity contribution < 1.29 is 19.1 Å². The SMILES string of the molecule is CCc1ccccc1NC(=O)CN1CCN(Cc2ccc(OC)cc2)C(=O)C1=O. The van der Waals surface area contributed by atoms with Crippen molar-refractivity contribution in [2.24, 2.45) is 0 Å². The summed E-state index contributed by atoms with van der Waals surface area (Å²) in [5.74, 6) is -0.815. The average molecular weight is 395 g/mol. The maximum atomic E-state index is 12.5. The van der Waals surface area contributed by atoms with Gasteiger partial charge in [-0.15, -0.1) is 0 Å². The molecule has 0 bridgehead atoms. The van der Waals surface area contributed by atoms with Crippen LogP contribution in [-0.2, 0) is 27.3 Å². The molecule has 0 atom stereocenters. The number of ether oxygens (including phenoxy) is 1. The van der Waals surface area contributed by atoms with Crippen LogP contribution in [0.2, 0.25) is 0 Å². The lowest BCUT2D eigenvalue weighted by molar-refractivity contribution is -0.157. The van der Waals surface area contributed by atoms with Crippen molar-refractivity contribution in [3.8, 4) is 5.75 Å². The second-order valence-electron chi connectivity index (χ2n) is 6.86. The fraction of sp³-hybridized carbons (Fsp3) is 0.318. The molecule has 0 unspecified atom stereocenters. The Morgan fingerprint density at radius 3 is 2.34 bits per heavy atom. The zero-order valence-electron chi connectivity index (χ0n) is 16.7. The van der Waals surface area contributed by atoms with Gasteiger partial charge in [0.15, 0.2) is 0 Å². The predicted octanol–water partition coefficient (Wildman–Crippen LogP) is 2.07. The van der Waals surface area contributed by atoms with Gasteiger partial charge in [-0.2, -0.15) is 0 Å². The van der Waals surface area contributed by atoms with E-state index in [2.05, 4.69) is 5.32 Å². The molecule has 2 aromatic rings. The van der Waals surface area contributed by atoms with Crippen molar-refractivity contribution >= 4 is 23.4 Å². The maximum absolute atomic E-state index is 12.5. The van der Waals surface area contributed by atoms with E-state index in [0.717, 1.165) is 29.0 Å². The van der Waals surface area contributed by atoms with Gasteiger partial charge in [-0.3, -0.25) is 14.4 Å². The highest BCUT2D eigenvalue weighted by Crippen LogP contribution is 2.17. The molecular formula is C22H25N3O4. The fourth-order valence-corrected chi connectivity index (χ4v) is 3.28. The molecule has 2 aromatic carbocycles. The van der Waals surface area contributed by atoms with Crippen LogP contribution >= 0.6 is 0 Å². The van der Waals surface area contributed by atoms with Gasteiger partial charge in [-0.05, 0) is 35.7 Å². The van der Waals surface area contributed by atoms with Crippen molar-refractivity contribution in [1.82, 2.24) is 9.80 Å². The fourth-order valence-electron chi connectivity index (χ4n) is 3.28. The van der Waals surface area contributed by atoms with Crippen molar-refractivity contribution in [2.45, 2.75) is 19.9 Å². The number of nitrogens with zero attached hydrogens (tertiary/aromatic N) is 2. The summed E-state index contributed by atoms with van der Waals surface area (Å²) in [6.45, 7) is 2.92. The van der Waals surface area contributed by atoms with Crippen LogP contribution in [0, 0.1) is 0 Å². The third kappa shape index (κ3) is 4.93. The first-order valence-electron chi connectivity index (χ1n) is 9.60. The number of benzene rings is 2. The molecule has 1 fully saturated rings. The second-order valence-corrected chi connectivity index (χ2v) is 6.86. The van der Waals surface area contributed by atoms with E-state index in [0.29, 0.717) is 19.6 Å². The summed E-state index contributed by atoms with van der Waals surface area (Å²) in [5.41, 5.74) is 2.67. The van der Waals surface area contributed by atoms with E-state index >= 15 is 0 Å². The number of hydrogen-bond acceptors (Lipinski definition) is 4.